The van der Waals surface area contributed by atoms with Gasteiger partial charge >= 0.3 is 6.55 Å². The van der Waals surface area contributed by atoms with Crippen LogP contribution in [0.4, 0.5) is 8.78 Å². The molecule has 1 aromatic heterocycles. The molecule has 0 bridgehead atoms. The molecule has 0 amide bonds. The molecule has 0 saturated carbocycles. The topological polar surface area (TPSA) is 17.8 Å². The van der Waals surface area contributed by atoms with Gasteiger partial charge in [0.15, 0.2) is 0 Å². The van der Waals surface area contributed by atoms with Crippen molar-refractivity contribution in [3.63, 3.8) is 0 Å². The van der Waals surface area contributed by atoms with Crippen LogP contribution in [0.15, 0.2) is 6.20 Å². The van der Waals surface area contributed by atoms with E-state index in [1.165, 1.54) is 0 Å². The summed E-state index contributed by atoms with van der Waals surface area (Å²) in [4.78, 5) is 0. The van der Waals surface area contributed by atoms with Gasteiger partial charge in [0.2, 0.25) is 0 Å². The molecule has 5 heteroatoms. The Morgan fingerprint density at radius 2 is 2.44 bits per heavy atom. The van der Waals surface area contributed by atoms with Crippen LogP contribution in [-0.2, 0) is 0 Å². The second kappa shape index (κ2) is 2.31. The van der Waals surface area contributed by atoms with Crippen molar-refractivity contribution in [1.29, 1.82) is 0 Å². The van der Waals surface area contributed by atoms with Crippen LogP contribution in [0.5, 0.6) is 0 Å². The van der Waals surface area contributed by atoms with E-state index in [-0.39, 0.29) is 5.02 Å². The van der Waals surface area contributed by atoms with Crippen LogP contribution in [-0.4, -0.2) is 9.78 Å². The van der Waals surface area contributed by atoms with Gasteiger partial charge in [-0.05, 0) is 0 Å². The lowest BCUT2D eigenvalue weighted by Crippen LogP contribution is -1.96. The van der Waals surface area contributed by atoms with Crippen molar-refractivity contribution in [2.75, 3.05) is 0 Å². The third-order valence-electron chi connectivity index (χ3n) is 0.718. The van der Waals surface area contributed by atoms with Crippen LogP contribution in [0.2, 0.25) is 5.02 Å². The second-order valence-electron chi connectivity index (χ2n) is 1.35. The molecule has 1 rings (SSSR count). The normalized spacial score (nSPS) is 10.7. The maximum atomic E-state index is 11.6. The fraction of sp³-hybridized carbons (Fsp3) is 0.250. The Balaban J connectivity index is 2.85. The van der Waals surface area contributed by atoms with Gasteiger partial charge in [-0.25, -0.2) is 4.68 Å². The zero-order chi connectivity index (χ0) is 6.85. The van der Waals surface area contributed by atoms with Crippen LogP contribution >= 0.6 is 11.6 Å². The lowest BCUT2D eigenvalue weighted by atomic mass is 10.7. The minimum absolute atomic E-state index is 0.0929. The second-order valence-corrected chi connectivity index (χ2v) is 1.75. The van der Waals surface area contributed by atoms with Crippen LogP contribution in [0.1, 0.15) is 6.55 Å². The van der Waals surface area contributed by atoms with E-state index < -0.39 is 6.55 Å². The summed E-state index contributed by atoms with van der Waals surface area (Å²) in [6.07, 6.45) is 3.15. The molecule has 2 nitrogen and oxygen atoms in total. The molecule has 0 saturated heterocycles. The van der Waals surface area contributed by atoms with Crippen molar-refractivity contribution in [2.45, 2.75) is 6.55 Å². The Hall–Kier alpha value is -0.640. The van der Waals surface area contributed by atoms with Gasteiger partial charge in [-0.2, -0.15) is 13.9 Å². The lowest BCUT2D eigenvalue weighted by Gasteiger charge is -1.93. The van der Waals surface area contributed by atoms with Gasteiger partial charge in [0, 0.05) is 0 Å². The summed E-state index contributed by atoms with van der Waals surface area (Å²) in [5, 5.41) is 3.22. The number of alkyl halides is 2. The number of halogens is 3. The average molecular weight is 152 g/mol. The van der Waals surface area contributed by atoms with Gasteiger partial charge in [0.1, 0.15) is 6.20 Å². The smallest absolute Gasteiger partial charge is 0.209 e. The molecule has 0 aliphatic rings. The number of aromatic nitrogens is 2. The highest BCUT2D eigenvalue weighted by atomic mass is 35.5. The van der Waals surface area contributed by atoms with E-state index in [1.54, 1.807) is 0 Å². The highest BCUT2D eigenvalue weighted by Crippen LogP contribution is 2.11. The first kappa shape index (κ1) is 6.48. The molecule has 0 unspecified atom stereocenters. The molecular weight excluding hydrogens is 150 g/mol. The number of hydrogen-bond acceptors (Lipinski definition) is 1. The average Bonchev–Trinajstić information content (AvgIpc) is 2.14. The molecule has 0 aliphatic heterocycles. The Morgan fingerprint density at radius 3 is 2.67 bits per heavy atom. The van der Waals surface area contributed by atoms with E-state index in [0.717, 1.165) is 6.20 Å². The molecule has 49 valence electrons. The Morgan fingerprint density at radius 1 is 1.78 bits per heavy atom. The SMILES string of the molecule is FC(F)n1cc(Cl)[c]n1. The monoisotopic (exact) mass is 151 g/mol. The van der Waals surface area contributed by atoms with Crippen molar-refractivity contribution < 1.29 is 8.78 Å². The first-order valence-corrected chi connectivity index (χ1v) is 2.48. The van der Waals surface area contributed by atoms with Crippen LogP contribution < -0.4 is 0 Å². The number of hydrogen-bond donors (Lipinski definition) is 0. The van der Waals surface area contributed by atoms with E-state index in [0.29, 0.717) is 4.68 Å². The van der Waals surface area contributed by atoms with Gasteiger partial charge in [-0.15, -0.1) is 0 Å². The lowest BCUT2D eigenvalue weighted by molar-refractivity contribution is 0.0565. The molecule has 1 aromatic rings. The summed E-state index contributed by atoms with van der Waals surface area (Å²) in [5.74, 6) is 0. The molecule has 0 aliphatic carbocycles. The molecule has 1 heterocycles. The predicted molar refractivity (Wildman–Crippen MR) is 27.3 cm³/mol. The highest BCUT2D eigenvalue weighted by Gasteiger charge is 2.05. The zero-order valence-corrected chi connectivity index (χ0v) is 4.94. The van der Waals surface area contributed by atoms with Crippen molar-refractivity contribution in [3.8, 4) is 0 Å². The summed E-state index contributed by atoms with van der Waals surface area (Å²) < 4.78 is 23.6. The van der Waals surface area contributed by atoms with Crippen LogP contribution in [0, 0.1) is 6.20 Å². The number of nitrogens with zero attached hydrogens (tertiary/aromatic N) is 2. The molecule has 0 spiro atoms. The largest absolute Gasteiger partial charge is 0.333 e. The predicted octanol–water partition coefficient (Wildman–Crippen LogP) is 1.73. The molecule has 0 atom stereocenters. The number of rotatable bonds is 1. The third-order valence-corrected chi connectivity index (χ3v) is 0.900. The van der Waals surface area contributed by atoms with Crippen molar-refractivity contribution in [2.24, 2.45) is 0 Å². The third kappa shape index (κ3) is 1.38. The minimum atomic E-state index is -2.63. The molecule has 9 heavy (non-hydrogen) atoms. The van der Waals surface area contributed by atoms with Crippen molar-refractivity contribution in [1.82, 2.24) is 9.78 Å². The fourth-order valence-electron chi connectivity index (χ4n) is 0.379. The maximum absolute atomic E-state index is 11.6. The first-order valence-electron chi connectivity index (χ1n) is 2.10. The first-order chi connectivity index (χ1) is 4.20. The summed E-state index contributed by atoms with van der Waals surface area (Å²) in [7, 11) is 0. The standard InChI is InChI=1S/C4H2ClF2N2/c5-3-1-8-9(2-3)4(6)7/h2,4H. The zero-order valence-electron chi connectivity index (χ0n) is 4.18. The minimum Gasteiger partial charge on any atom is -0.209 e. The molecule has 0 fully saturated rings. The fourth-order valence-corrected chi connectivity index (χ4v) is 0.517. The quantitative estimate of drug-likeness (QED) is 0.598. The maximum Gasteiger partial charge on any atom is 0.333 e. The van der Waals surface area contributed by atoms with Gasteiger partial charge in [-0.3, -0.25) is 0 Å². The van der Waals surface area contributed by atoms with Gasteiger partial charge in [0.25, 0.3) is 0 Å². The molecule has 0 aromatic carbocycles. The summed E-state index contributed by atoms with van der Waals surface area (Å²) in [6, 6.07) is 0. The van der Waals surface area contributed by atoms with Gasteiger partial charge in [0.05, 0.1) is 11.2 Å². The molecule has 1 radical (unpaired) electrons. The Labute approximate surface area is 55.0 Å². The molecule has 0 N–H and O–H groups in total. The molecular formula is C4H2ClF2N2. The van der Waals surface area contributed by atoms with E-state index in [4.69, 9.17) is 11.6 Å². The van der Waals surface area contributed by atoms with E-state index in [1.807, 2.05) is 0 Å². The Kier molecular flexibility index (Phi) is 1.66. The van der Waals surface area contributed by atoms with Crippen molar-refractivity contribution >= 4 is 11.6 Å². The van der Waals surface area contributed by atoms with Gasteiger partial charge in [-0.1, -0.05) is 11.6 Å². The Bertz CT molecular complexity index is 198. The van der Waals surface area contributed by atoms with Crippen LogP contribution in [0.25, 0.3) is 0 Å². The summed E-state index contributed by atoms with van der Waals surface area (Å²) >= 11 is 5.23. The summed E-state index contributed by atoms with van der Waals surface area (Å²) in [6.45, 7) is -2.63. The van der Waals surface area contributed by atoms with Crippen LogP contribution in [0.3, 0.4) is 0 Å². The van der Waals surface area contributed by atoms with Gasteiger partial charge < -0.3 is 0 Å². The van der Waals surface area contributed by atoms with E-state index in [9.17, 15) is 8.78 Å². The highest BCUT2D eigenvalue weighted by molar-refractivity contribution is 6.30. The van der Waals surface area contributed by atoms with E-state index >= 15 is 0 Å². The van der Waals surface area contributed by atoms with Crippen molar-refractivity contribution in [3.05, 3.63) is 17.4 Å². The summed E-state index contributed by atoms with van der Waals surface area (Å²) in [5.41, 5.74) is 0. The van der Waals surface area contributed by atoms with E-state index in [2.05, 4.69) is 11.3 Å².